The molecular weight excluding hydrogens is 252 g/mol. The summed E-state index contributed by atoms with van der Waals surface area (Å²) in [5.41, 5.74) is 5.67. The van der Waals surface area contributed by atoms with Crippen LogP contribution in [-0.4, -0.2) is 24.3 Å². The van der Waals surface area contributed by atoms with Crippen LogP contribution >= 0.6 is 0 Å². The van der Waals surface area contributed by atoms with Crippen LogP contribution in [-0.2, 0) is 9.59 Å². The van der Waals surface area contributed by atoms with Crippen molar-refractivity contribution in [3.8, 4) is 0 Å². The second-order valence-electron chi connectivity index (χ2n) is 6.05. The zero-order chi connectivity index (χ0) is 14.8. The molecule has 1 atom stereocenters. The fourth-order valence-electron chi connectivity index (χ4n) is 2.77. The molecule has 0 saturated heterocycles. The molecule has 4 nitrogen and oxygen atoms in total. The lowest BCUT2D eigenvalue weighted by atomic mass is 9.90. The van der Waals surface area contributed by atoms with Crippen LogP contribution < -0.4 is 11.1 Å². The summed E-state index contributed by atoms with van der Waals surface area (Å²) in [6.07, 6.45) is 10.8. The highest BCUT2D eigenvalue weighted by Crippen LogP contribution is 2.22. The molecule has 0 bridgehead atoms. The van der Waals surface area contributed by atoms with E-state index < -0.39 is 0 Å². The van der Waals surface area contributed by atoms with Crippen LogP contribution in [0.4, 0.5) is 0 Å². The van der Waals surface area contributed by atoms with Crippen molar-refractivity contribution in [1.82, 2.24) is 5.32 Å². The van der Waals surface area contributed by atoms with Crippen molar-refractivity contribution in [3.63, 3.8) is 0 Å². The van der Waals surface area contributed by atoms with Gasteiger partial charge in [-0.3, -0.25) is 9.59 Å². The van der Waals surface area contributed by atoms with E-state index in [0.717, 1.165) is 25.7 Å². The number of carbonyl (C=O) groups excluding carboxylic acids is 2. The molecule has 0 unspecified atom stereocenters. The standard InChI is InChI=1S/C16H30N2O2/c1-13(19)15(17)11-7-8-12-18-16(20)14-9-5-3-2-4-6-10-14/h14-15H,2-12,17H2,1H3,(H,18,20)/t15-/m0/s1. The molecule has 1 aliphatic carbocycles. The van der Waals surface area contributed by atoms with E-state index in [1.54, 1.807) is 0 Å². The highest BCUT2D eigenvalue weighted by Gasteiger charge is 2.18. The minimum atomic E-state index is -0.337. The maximum atomic E-state index is 12.1. The Hall–Kier alpha value is -0.900. The normalized spacial score (nSPS) is 18.9. The number of nitrogens with one attached hydrogen (secondary N) is 1. The molecule has 0 aliphatic heterocycles. The third-order valence-electron chi connectivity index (χ3n) is 4.24. The first-order valence-corrected chi connectivity index (χ1v) is 8.15. The lowest BCUT2D eigenvalue weighted by Crippen LogP contribution is -2.32. The molecule has 0 aromatic carbocycles. The summed E-state index contributed by atoms with van der Waals surface area (Å²) in [5.74, 6) is 0.487. The van der Waals surface area contributed by atoms with Gasteiger partial charge >= 0.3 is 0 Å². The quantitative estimate of drug-likeness (QED) is 0.705. The smallest absolute Gasteiger partial charge is 0.223 e. The fourth-order valence-corrected chi connectivity index (χ4v) is 2.77. The van der Waals surface area contributed by atoms with Crippen LogP contribution in [0.1, 0.15) is 71.1 Å². The van der Waals surface area contributed by atoms with E-state index in [0.29, 0.717) is 13.0 Å². The largest absolute Gasteiger partial charge is 0.356 e. The summed E-state index contributed by atoms with van der Waals surface area (Å²) in [6, 6.07) is -0.337. The van der Waals surface area contributed by atoms with Gasteiger partial charge in [-0.15, -0.1) is 0 Å². The van der Waals surface area contributed by atoms with Crippen LogP contribution in [0.5, 0.6) is 0 Å². The van der Waals surface area contributed by atoms with Crippen molar-refractivity contribution in [2.24, 2.45) is 11.7 Å². The number of hydrogen-bond donors (Lipinski definition) is 2. The van der Waals surface area contributed by atoms with Gasteiger partial charge in [0.2, 0.25) is 5.91 Å². The van der Waals surface area contributed by atoms with Gasteiger partial charge in [0.25, 0.3) is 0 Å². The lowest BCUT2D eigenvalue weighted by molar-refractivity contribution is -0.125. The molecule has 1 amide bonds. The number of unbranched alkanes of at least 4 members (excludes halogenated alkanes) is 1. The molecule has 0 aromatic rings. The first kappa shape index (κ1) is 17.2. The predicted molar refractivity (Wildman–Crippen MR) is 81.3 cm³/mol. The maximum absolute atomic E-state index is 12.1. The predicted octanol–water partition coefficient (Wildman–Crippen LogP) is 2.55. The molecule has 0 spiro atoms. The molecule has 1 fully saturated rings. The third kappa shape index (κ3) is 7.04. The van der Waals surface area contributed by atoms with Gasteiger partial charge in [-0.05, 0) is 39.0 Å². The molecule has 4 heteroatoms. The molecule has 20 heavy (non-hydrogen) atoms. The van der Waals surface area contributed by atoms with Crippen molar-refractivity contribution in [1.29, 1.82) is 0 Å². The number of carbonyl (C=O) groups is 2. The third-order valence-corrected chi connectivity index (χ3v) is 4.24. The minimum absolute atomic E-state index is 0.0450. The number of Topliss-reactive ketones (excluding diaryl/α,β-unsaturated/α-hetero) is 1. The highest BCUT2D eigenvalue weighted by atomic mass is 16.1. The average molecular weight is 282 g/mol. The van der Waals surface area contributed by atoms with Crippen LogP contribution in [0.25, 0.3) is 0 Å². The Morgan fingerprint density at radius 1 is 1.10 bits per heavy atom. The molecule has 0 heterocycles. The average Bonchev–Trinajstić information content (AvgIpc) is 2.37. The van der Waals surface area contributed by atoms with E-state index in [1.807, 2.05) is 0 Å². The van der Waals surface area contributed by atoms with Crippen LogP contribution in [0.3, 0.4) is 0 Å². The van der Waals surface area contributed by atoms with E-state index in [1.165, 1.54) is 39.0 Å². The van der Waals surface area contributed by atoms with Crippen LogP contribution in [0.2, 0.25) is 0 Å². The molecular formula is C16H30N2O2. The van der Waals surface area contributed by atoms with E-state index >= 15 is 0 Å². The zero-order valence-electron chi connectivity index (χ0n) is 12.8. The lowest BCUT2D eigenvalue weighted by Gasteiger charge is -2.19. The van der Waals surface area contributed by atoms with Gasteiger partial charge in [-0.1, -0.05) is 32.1 Å². The van der Waals surface area contributed by atoms with Gasteiger partial charge in [-0.25, -0.2) is 0 Å². The maximum Gasteiger partial charge on any atom is 0.223 e. The van der Waals surface area contributed by atoms with Gasteiger partial charge < -0.3 is 11.1 Å². The topological polar surface area (TPSA) is 72.2 Å². The van der Waals surface area contributed by atoms with Crippen LogP contribution in [0, 0.1) is 5.92 Å². The summed E-state index contributed by atoms with van der Waals surface area (Å²) in [6.45, 7) is 2.24. The molecule has 1 saturated carbocycles. The number of ketones is 1. The fraction of sp³-hybridized carbons (Fsp3) is 0.875. The Balaban J connectivity index is 2.11. The van der Waals surface area contributed by atoms with Gasteiger partial charge in [0.15, 0.2) is 0 Å². The zero-order valence-corrected chi connectivity index (χ0v) is 12.8. The molecule has 1 aliphatic rings. The summed E-state index contributed by atoms with van der Waals surface area (Å²) < 4.78 is 0. The van der Waals surface area contributed by atoms with Gasteiger partial charge in [0, 0.05) is 12.5 Å². The number of nitrogens with two attached hydrogens (primary N) is 1. The Bertz CT molecular complexity index is 297. The van der Waals surface area contributed by atoms with Gasteiger partial charge in [0.1, 0.15) is 5.78 Å². The van der Waals surface area contributed by atoms with Crippen molar-refractivity contribution < 1.29 is 9.59 Å². The second kappa shape index (κ2) is 9.92. The first-order chi connectivity index (χ1) is 9.61. The van der Waals surface area contributed by atoms with E-state index in [4.69, 9.17) is 5.73 Å². The monoisotopic (exact) mass is 282 g/mol. The van der Waals surface area contributed by atoms with Gasteiger partial charge in [-0.2, -0.15) is 0 Å². The SMILES string of the molecule is CC(=O)[C@@H](N)CCCCNC(=O)C1CCCCCCC1. The molecule has 3 N–H and O–H groups in total. The molecule has 1 rings (SSSR count). The van der Waals surface area contributed by atoms with Crippen molar-refractivity contribution in [2.45, 2.75) is 77.2 Å². The summed E-state index contributed by atoms with van der Waals surface area (Å²) in [5, 5.41) is 3.04. The highest BCUT2D eigenvalue weighted by molar-refractivity contribution is 5.81. The number of hydrogen-bond acceptors (Lipinski definition) is 3. The van der Waals surface area contributed by atoms with Gasteiger partial charge in [0.05, 0.1) is 6.04 Å². The van der Waals surface area contributed by atoms with Crippen molar-refractivity contribution in [3.05, 3.63) is 0 Å². The summed E-state index contributed by atoms with van der Waals surface area (Å²) in [4.78, 5) is 23.1. The number of rotatable bonds is 7. The summed E-state index contributed by atoms with van der Waals surface area (Å²) in [7, 11) is 0. The Morgan fingerprint density at radius 2 is 1.70 bits per heavy atom. The molecule has 116 valence electrons. The van der Waals surface area contributed by atoms with E-state index in [2.05, 4.69) is 5.32 Å². The minimum Gasteiger partial charge on any atom is -0.356 e. The van der Waals surface area contributed by atoms with Crippen molar-refractivity contribution >= 4 is 11.7 Å². The summed E-state index contributed by atoms with van der Waals surface area (Å²) >= 11 is 0. The Morgan fingerprint density at radius 3 is 2.30 bits per heavy atom. The first-order valence-electron chi connectivity index (χ1n) is 8.15. The number of amides is 1. The Labute approximate surface area is 122 Å². The Kier molecular flexibility index (Phi) is 8.51. The molecule has 0 radical (unpaired) electrons. The second-order valence-corrected chi connectivity index (χ2v) is 6.05. The molecule has 0 aromatic heterocycles. The van der Waals surface area contributed by atoms with Crippen LogP contribution in [0.15, 0.2) is 0 Å². The van der Waals surface area contributed by atoms with E-state index in [9.17, 15) is 9.59 Å². The van der Waals surface area contributed by atoms with E-state index in [-0.39, 0.29) is 23.7 Å². The van der Waals surface area contributed by atoms with Crippen molar-refractivity contribution in [2.75, 3.05) is 6.54 Å².